The molecule has 0 saturated carbocycles. The molecule has 36 heavy (non-hydrogen) atoms. The average Bonchev–Trinajstić information content (AvgIpc) is 2.88. The lowest BCUT2D eigenvalue weighted by atomic mass is 9.98. The summed E-state index contributed by atoms with van der Waals surface area (Å²) in [6, 6.07) is 24.8. The number of benzene rings is 2. The number of carbonyl (C=O) groups is 1. The molecule has 0 N–H and O–H groups in total. The van der Waals surface area contributed by atoms with Gasteiger partial charge >= 0.3 is 0 Å². The summed E-state index contributed by atoms with van der Waals surface area (Å²) in [5.41, 5.74) is 0.741. The molecular formula is C31H48O3Si2. The predicted octanol–water partition coefficient (Wildman–Crippen LogP) is 7.12. The molecule has 0 bridgehead atoms. The van der Waals surface area contributed by atoms with Crippen LogP contribution in [0, 0.1) is 5.92 Å². The van der Waals surface area contributed by atoms with E-state index in [1.807, 2.05) is 6.92 Å². The van der Waals surface area contributed by atoms with Crippen LogP contribution in [-0.2, 0) is 13.6 Å². The molecule has 3 nitrogen and oxygen atoms in total. The maximum atomic E-state index is 11.5. The van der Waals surface area contributed by atoms with Crippen LogP contribution in [0.2, 0.25) is 23.2 Å². The molecule has 0 aliphatic heterocycles. The quantitative estimate of drug-likeness (QED) is 0.159. The highest BCUT2D eigenvalue weighted by atomic mass is 28.4. The number of aldehydes is 1. The topological polar surface area (TPSA) is 35.5 Å². The van der Waals surface area contributed by atoms with Crippen molar-refractivity contribution in [3.63, 3.8) is 0 Å². The zero-order valence-electron chi connectivity index (χ0n) is 24.0. The van der Waals surface area contributed by atoms with E-state index in [-0.39, 0.29) is 23.2 Å². The van der Waals surface area contributed by atoms with Crippen molar-refractivity contribution >= 4 is 33.3 Å². The first-order valence-electron chi connectivity index (χ1n) is 13.6. The fourth-order valence-electron chi connectivity index (χ4n) is 5.51. The first kappa shape index (κ1) is 30.4. The Hall–Kier alpha value is -1.80. The summed E-state index contributed by atoms with van der Waals surface area (Å²) >= 11 is 0. The normalized spacial score (nSPS) is 15.9. The molecular weight excluding hydrogens is 477 g/mol. The van der Waals surface area contributed by atoms with Crippen molar-refractivity contribution in [1.29, 1.82) is 0 Å². The molecule has 0 amide bonds. The molecule has 0 radical (unpaired) electrons. The highest BCUT2D eigenvalue weighted by Crippen LogP contribution is 2.39. The Labute approximate surface area is 222 Å². The Kier molecular flexibility index (Phi) is 11.1. The summed E-state index contributed by atoms with van der Waals surface area (Å²) < 4.78 is 14.6. The molecule has 198 valence electrons. The monoisotopic (exact) mass is 524 g/mol. The van der Waals surface area contributed by atoms with Gasteiger partial charge in [-0.1, -0.05) is 115 Å². The van der Waals surface area contributed by atoms with Gasteiger partial charge in [-0.2, -0.15) is 0 Å². The Morgan fingerprint density at radius 2 is 1.28 bits per heavy atom. The van der Waals surface area contributed by atoms with Crippen LogP contribution in [0.4, 0.5) is 0 Å². The number of allylic oxidation sites excluding steroid dienone is 1. The second-order valence-corrected chi connectivity index (χ2v) is 20.2. The van der Waals surface area contributed by atoms with E-state index in [9.17, 15) is 4.79 Å². The molecule has 5 heteroatoms. The molecule has 0 spiro atoms. The number of hydrogen-bond donors (Lipinski definition) is 0. The zero-order chi connectivity index (χ0) is 27.0. The van der Waals surface area contributed by atoms with Crippen molar-refractivity contribution in [3.8, 4) is 0 Å². The minimum Gasteiger partial charge on any atom is -0.411 e. The van der Waals surface area contributed by atoms with Gasteiger partial charge in [-0.15, -0.1) is 0 Å². The van der Waals surface area contributed by atoms with Gasteiger partial charge in [0.15, 0.2) is 8.32 Å². The van der Waals surface area contributed by atoms with Crippen LogP contribution < -0.4 is 10.4 Å². The van der Waals surface area contributed by atoms with Crippen LogP contribution in [0.5, 0.6) is 0 Å². The van der Waals surface area contributed by atoms with Crippen molar-refractivity contribution in [3.05, 3.63) is 72.3 Å². The summed E-state index contributed by atoms with van der Waals surface area (Å²) in [5, 5.41) is 2.43. The van der Waals surface area contributed by atoms with Gasteiger partial charge in [-0.3, -0.25) is 4.79 Å². The molecule has 0 fully saturated rings. The van der Waals surface area contributed by atoms with Gasteiger partial charge in [-0.25, -0.2) is 0 Å². The third-order valence-electron chi connectivity index (χ3n) is 7.79. The zero-order valence-corrected chi connectivity index (χ0v) is 26.0. The summed E-state index contributed by atoms with van der Waals surface area (Å²) in [6.07, 6.45) is 2.71. The van der Waals surface area contributed by atoms with Crippen molar-refractivity contribution < 1.29 is 13.6 Å². The lowest BCUT2D eigenvalue weighted by Gasteiger charge is -2.47. The molecule has 0 unspecified atom stereocenters. The summed E-state index contributed by atoms with van der Waals surface area (Å²) in [7, 11) is -4.66. The molecule has 0 aliphatic carbocycles. The number of hydrogen-bond acceptors (Lipinski definition) is 3. The molecule has 0 heterocycles. The largest absolute Gasteiger partial charge is 0.411 e. The standard InChI is InChI=1S/C31H48O3Si2/c1-10-35(11-2,12-3)34-30(26(5)23-25(4)24-32)27(6)33-36(31(7,8)9,28-19-15-13-16-20-28)29-21-17-14-18-22-29/h13-24,26-27,30H,10-12H2,1-9H3/b25-23+/t26-,27-,30+/m1/s1. The summed E-state index contributed by atoms with van der Waals surface area (Å²) in [5.74, 6) is 0.0555. The summed E-state index contributed by atoms with van der Waals surface area (Å²) in [4.78, 5) is 11.5. The predicted molar refractivity (Wildman–Crippen MR) is 159 cm³/mol. The van der Waals surface area contributed by atoms with E-state index in [2.05, 4.69) is 122 Å². The highest BCUT2D eigenvalue weighted by molar-refractivity contribution is 6.99. The van der Waals surface area contributed by atoms with Crippen molar-refractivity contribution in [2.75, 3.05) is 0 Å². The van der Waals surface area contributed by atoms with Gasteiger partial charge in [0.2, 0.25) is 0 Å². The molecule has 2 rings (SSSR count). The lowest BCUT2D eigenvalue weighted by Crippen LogP contribution is -2.68. The Balaban J connectivity index is 2.69. The molecule has 3 atom stereocenters. The Morgan fingerprint density at radius 3 is 1.64 bits per heavy atom. The number of rotatable bonds is 13. The van der Waals surface area contributed by atoms with Gasteiger partial charge in [0.1, 0.15) is 6.29 Å². The van der Waals surface area contributed by atoms with E-state index < -0.39 is 16.6 Å². The molecule has 2 aromatic carbocycles. The fraction of sp³-hybridized carbons (Fsp3) is 0.516. The summed E-state index contributed by atoms with van der Waals surface area (Å²) in [6.45, 7) is 20.0. The maximum absolute atomic E-state index is 11.5. The van der Waals surface area contributed by atoms with Crippen LogP contribution in [0.1, 0.15) is 62.3 Å². The second kappa shape index (κ2) is 13.1. The molecule has 2 aromatic rings. The molecule has 0 aliphatic rings. The second-order valence-electron chi connectivity index (χ2n) is 11.2. The van der Waals surface area contributed by atoms with Crippen molar-refractivity contribution in [2.45, 2.75) is 97.7 Å². The van der Waals surface area contributed by atoms with E-state index >= 15 is 0 Å². The van der Waals surface area contributed by atoms with Gasteiger partial charge < -0.3 is 8.85 Å². The third kappa shape index (κ3) is 6.74. The van der Waals surface area contributed by atoms with Gasteiger partial charge in [-0.05, 0) is 53.0 Å². The minimum atomic E-state index is -2.73. The maximum Gasteiger partial charge on any atom is 0.261 e. The van der Waals surface area contributed by atoms with Crippen LogP contribution >= 0.6 is 0 Å². The fourth-order valence-corrected chi connectivity index (χ4v) is 13.2. The lowest BCUT2D eigenvalue weighted by molar-refractivity contribution is -0.104. The molecule has 0 aromatic heterocycles. The van der Waals surface area contributed by atoms with Crippen LogP contribution in [0.15, 0.2) is 72.3 Å². The van der Waals surface area contributed by atoms with E-state index in [1.54, 1.807) is 0 Å². The van der Waals surface area contributed by atoms with E-state index in [0.29, 0.717) is 0 Å². The van der Waals surface area contributed by atoms with Crippen molar-refractivity contribution in [2.24, 2.45) is 5.92 Å². The Bertz CT molecular complexity index is 915. The van der Waals surface area contributed by atoms with E-state index in [0.717, 1.165) is 30.0 Å². The molecule has 0 saturated heterocycles. The highest BCUT2D eigenvalue weighted by Gasteiger charge is 2.52. The van der Waals surface area contributed by atoms with Crippen LogP contribution in [-0.4, -0.2) is 35.1 Å². The minimum absolute atomic E-state index is 0.0555. The third-order valence-corrected chi connectivity index (χ3v) is 17.6. The van der Waals surface area contributed by atoms with Gasteiger partial charge in [0.25, 0.3) is 8.32 Å². The van der Waals surface area contributed by atoms with E-state index in [4.69, 9.17) is 8.85 Å². The van der Waals surface area contributed by atoms with Gasteiger partial charge in [0, 0.05) is 5.92 Å². The van der Waals surface area contributed by atoms with Gasteiger partial charge in [0.05, 0.1) is 12.2 Å². The van der Waals surface area contributed by atoms with Crippen molar-refractivity contribution in [1.82, 2.24) is 0 Å². The van der Waals surface area contributed by atoms with Crippen LogP contribution in [0.3, 0.4) is 0 Å². The first-order valence-corrected chi connectivity index (χ1v) is 18.0. The number of carbonyl (C=O) groups excluding carboxylic acids is 1. The van der Waals surface area contributed by atoms with E-state index in [1.165, 1.54) is 10.4 Å². The Morgan fingerprint density at radius 1 is 0.833 bits per heavy atom. The smallest absolute Gasteiger partial charge is 0.261 e. The van der Waals surface area contributed by atoms with Crippen LogP contribution in [0.25, 0.3) is 0 Å². The average molecular weight is 525 g/mol. The SMILES string of the molecule is CC[Si](CC)(CC)O[C@@H]([C@H](C)/C=C(\C)C=O)[C@@H](C)O[Si](c1ccccc1)(c1ccccc1)C(C)(C)C. The first-order chi connectivity index (χ1) is 17.0.